The van der Waals surface area contributed by atoms with E-state index in [2.05, 4.69) is 69.4 Å². The highest BCUT2D eigenvalue weighted by atomic mass is 16.6. The molecule has 6 heteroatoms. The van der Waals surface area contributed by atoms with Crippen LogP contribution in [-0.2, 0) is 28.6 Å². The second-order valence-electron chi connectivity index (χ2n) is 17.5. The van der Waals surface area contributed by atoms with Gasteiger partial charge in [-0.3, -0.25) is 14.4 Å². The van der Waals surface area contributed by atoms with Gasteiger partial charge in [0.1, 0.15) is 13.2 Å². The number of hydrogen-bond donors (Lipinski definition) is 0. The minimum absolute atomic E-state index is 0.0822. The summed E-state index contributed by atoms with van der Waals surface area (Å²) < 4.78 is 16.8. The molecule has 0 N–H and O–H groups in total. The van der Waals surface area contributed by atoms with Crippen molar-refractivity contribution in [3.05, 3.63) is 48.6 Å². The van der Waals surface area contributed by atoms with Gasteiger partial charge in [0.15, 0.2) is 6.10 Å². The molecule has 0 aromatic heterocycles. The monoisotopic (exact) mass is 855 g/mol. The molecule has 0 rings (SSSR count). The minimum atomic E-state index is -0.781. The van der Waals surface area contributed by atoms with Crippen LogP contribution in [0, 0.1) is 0 Å². The van der Waals surface area contributed by atoms with Crippen LogP contribution in [0.4, 0.5) is 0 Å². The second kappa shape index (κ2) is 50.0. The number of esters is 3. The van der Waals surface area contributed by atoms with E-state index in [1.807, 2.05) is 0 Å². The largest absolute Gasteiger partial charge is 0.462 e. The van der Waals surface area contributed by atoms with Gasteiger partial charge in [-0.1, -0.05) is 223 Å². The van der Waals surface area contributed by atoms with Gasteiger partial charge in [-0.25, -0.2) is 0 Å². The Morgan fingerprint density at radius 3 is 0.984 bits per heavy atom. The van der Waals surface area contributed by atoms with Crippen LogP contribution in [0.15, 0.2) is 48.6 Å². The smallest absolute Gasteiger partial charge is 0.306 e. The summed E-state index contributed by atoms with van der Waals surface area (Å²) >= 11 is 0. The summed E-state index contributed by atoms with van der Waals surface area (Å²) in [6.45, 7) is 6.58. The molecule has 0 aromatic rings. The summed E-state index contributed by atoms with van der Waals surface area (Å²) in [5, 5.41) is 0. The first-order valence-electron chi connectivity index (χ1n) is 26.2. The predicted molar refractivity (Wildman–Crippen MR) is 261 cm³/mol. The predicted octanol–water partition coefficient (Wildman–Crippen LogP) is 17.1. The van der Waals surface area contributed by atoms with Crippen molar-refractivity contribution < 1.29 is 28.6 Å². The zero-order chi connectivity index (χ0) is 44.4. The van der Waals surface area contributed by atoms with E-state index in [1.54, 1.807) is 0 Å². The molecule has 0 fully saturated rings. The van der Waals surface area contributed by atoms with E-state index >= 15 is 0 Å². The minimum Gasteiger partial charge on any atom is -0.462 e. The van der Waals surface area contributed by atoms with Crippen LogP contribution < -0.4 is 0 Å². The van der Waals surface area contributed by atoms with Gasteiger partial charge >= 0.3 is 17.9 Å². The topological polar surface area (TPSA) is 78.9 Å². The van der Waals surface area contributed by atoms with Crippen LogP contribution in [0.2, 0.25) is 0 Å². The van der Waals surface area contributed by atoms with E-state index in [0.29, 0.717) is 19.3 Å². The zero-order valence-electron chi connectivity index (χ0n) is 40.4. The molecule has 0 aliphatic carbocycles. The highest BCUT2D eigenvalue weighted by Crippen LogP contribution is 2.15. The molecule has 1 atom stereocenters. The first-order valence-corrected chi connectivity index (χ1v) is 26.2. The molecule has 0 bridgehead atoms. The first kappa shape index (κ1) is 58.4. The molecule has 0 heterocycles. The summed E-state index contributed by atoms with van der Waals surface area (Å²) in [6.07, 6.45) is 59.4. The summed E-state index contributed by atoms with van der Waals surface area (Å²) in [4.78, 5) is 37.9. The van der Waals surface area contributed by atoms with Gasteiger partial charge in [0, 0.05) is 19.3 Å². The van der Waals surface area contributed by atoms with Gasteiger partial charge in [-0.05, 0) is 70.6 Å². The molecule has 0 saturated carbocycles. The SMILES string of the molecule is CCCCC/C=C\CCCCCCCC(=O)OCC(COC(=O)CCCCCCC\C=C/C=C\C=C/CCCCCCC)OC(=O)CCCCCCCCCCCCCCC. The van der Waals surface area contributed by atoms with Gasteiger partial charge in [-0.2, -0.15) is 0 Å². The van der Waals surface area contributed by atoms with E-state index in [4.69, 9.17) is 14.2 Å². The third kappa shape index (κ3) is 48.3. The molecule has 0 aliphatic rings. The van der Waals surface area contributed by atoms with Crippen LogP contribution in [0.5, 0.6) is 0 Å². The number of ether oxygens (including phenoxy) is 3. The van der Waals surface area contributed by atoms with Crippen molar-refractivity contribution in [1.82, 2.24) is 0 Å². The third-order valence-electron chi connectivity index (χ3n) is 11.4. The summed E-state index contributed by atoms with van der Waals surface area (Å²) in [6, 6.07) is 0. The number of allylic oxidation sites excluding steroid dienone is 8. The Balaban J connectivity index is 4.39. The highest BCUT2D eigenvalue weighted by Gasteiger charge is 2.19. The van der Waals surface area contributed by atoms with Crippen LogP contribution in [0.25, 0.3) is 0 Å². The fraction of sp³-hybridized carbons (Fsp3) is 0.800. The van der Waals surface area contributed by atoms with Crippen molar-refractivity contribution in [2.24, 2.45) is 0 Å². The fourth-order valence-corrected chi connectivity index (χ4v) is 7.38. The van der Waals surface area contributed by atoms with Crippen molar-refractivity contribution in [2.75, 3.05) is 13.2 Å². The summed E-state index contributed by atoms with van der Waals surface area (Å²) in [5.74, 6) is -0.903. The van der Waals surface area contributed by atoms with Gasteiger partial charge in [0.2, 0.25) is 0 Å². The molecule has 61 heavy (non-hydrogen) atoms. The van der Waals surface area contributed by atoms with Crippen LogP contribution >= 0.6 is 0 Å². The Morgan fingerprint density at radius 1 is 0.328 bits per heavy atom. The number of carbonyl (C=O) groups is 3. The Kier molecular flexibility index (Phi) is 47.9. The maximum Gasteiger partial charge on any atom is 0.306 e. The lowest BCUT2D eigenvalue weighted by Crippen LogP contribution is -2.30. The van der Waals surface area contributed by atoms with Gasteiger partial charge in [0.05, 0.1) is 0 Å². The molecule has 0 radical (unpaired) electrons. The molecule has 0 aliphatic heterocycles. The average molecular weight is 855 g/mol. The Morgan fingerprint density at radius 2 is 0.607 bits per heavy atom. The highest BCUT2D eigenvalue weighted by molar-refractivity contribution is 5.71. The van der Waals surface area contributed by atoms with Gasteiger partial charge in [0.25, 0.3) is 0 Å². The van der Waals surface area contributed by atoms with Crippen LogP contribution in [0.3, 0.4) is 0 Å². The molecule has 0 amide bonds. The first-order chi connectivity index (χ1) is 30.0. The van der Waals surface area contributed by atoms with E-state index in [0.717, 1.165) is 83.5 Å². The number of carbonyl (C=O) groups excluding carboxylic acids is 3. The number of rotatable bonds is 47. The van der Waals surface area contributed by atoms with Gasteiger partial charge in [-0.15, -0.1) is 0 Å². The molecular formula is C55H98O6. The Hall–Kier alpha value is -2.63. The van der Waals surface area contributed by atoms with Crippen molar-refractivity contribution >= 4 is 17.9 Å². The van der Waals surface area contributed by atoms with E-state index in [9.17, 15) is 14.4 Å². The summed E-state index contributed by atoms with van der Waals surface area (Å²) in [7, 11) is 0. The van der Waals surface area contributed by atoms with Crippen molar-refractivity contribution in [3.8, 4) is 0 Å². The Bertz CT molecular complexity index is 1070. The van der Waals surface area contributed by atoms with E-state index in [-0.39, 0.29) is 31.1 Å². The van der Waals surface area contributed by atoms with Crippen molar-refractivity contribution in [3.63, 3.8) is 0 Å². The Labute approximate surface area is 378 Å². The lowest BCUT2D eigenvalue weighted by molar-refractivity contribution is -0.167. The lowest BCUT2D eigenvalue weighted by atomic mass is 10.0. The van der Waals surface area contributed by atoms with Crippen molar-refractivity contribution in [1.29, 1.82) is 0 Å². The number of unbranched alkanes of at least 4 members (excludes halogenated alkanes) is 30. The molecule has 0 saturated heterocycles. The van der Waals surface area contributed by atoms with Crippen molar-refractivity contribution in [2.45, 2.75) is 271 Å². The standard InChI is InChI=1S/C55H98O6/c1-4-7-10-13-16-19-22-25-26-27-28-29-31-33-36-39-42-45-48-54(57)60-51-52(50-59-53(56)47-44-41-38-35-32-24-21-18-15-12-9-6-3)61-55(58)49-46-43-40-37-34-30-23-20-17-14-11-8-5-2/h18,21-22,25-29,52H,4-17,19-20,23-24,30-51H2,1-3H3/b21-18-,25-22-,27-26-,29-28-. The lowest BCUT2D eigenvalue weighted by Gasteiger charge is -2.18. The van der Waals surface area contributed by atoms with Crippen LogP contribution in [-0.4, -0.2) is 37.2 Å². The summed E-state index contributed by atoms with van der Waals surface area (Å²) in [5.41, 5.74) is 0. The molecule has 0 aromatic carbocycles. The maximum atomic E-state index is 12.8. The normalized spacial score (nSPS) is 12.4. The number of hydrogen-bond acceptors (Lipinski definition) is 6. The molecule has 6 nitrogen and oxygen atoms in total. The van der Waals surface area contributed by atoms with Gasteiger partial charge < -0.3 is 14.2 Å². The quantitative estimate of drug-likeness (QED) is 0.0199. The molecule has 0 spiro atoms. The molecule has 1 unspecified atom stereocenters. The maximum absolute atomic E-state index is 12.8. The van der Waals surface area contributed by atoms with E-state index in [1.165, 1.54) is 141 Å². The third-order valence-corrected chi connectivity index (χ3v) is 11.4. The van der Waals surface area contributed by atoms with Crippen LogP contribution in [0.1, 0.15) is 265 Å². The second-order valence-corrected chi connectivity index (χ2v) is 17.5. The molecular weight excluding hydrogens is 757 g/mol. The zero-order valence-corrected chi connectivity index (χ0v) is 40.4. The van der Waals surface area contributed by atoms with E-state index < -0.39 is 6.10 Å². The molecule has 354 valence electrons. The fourth-order valence-electron chi connectivity index (χ4n) is 7.38. The average Bonchev–Trinajstić information content (AvgIpc) is 3.26.